The summed E-state index contributed by atoms with van der Waals surface area (Å²) in [5.74, 6) is -1.15. The Bertz CT molecular complexity index is 1010. The summed E-state index contributed by atoms with van der Waals surface area (Å²) in [5.41, 5.74) is 7.69. The van der Waals surface area contributed by atoms with Crippen molar-refractivity contribution in [2.24, 2.45) is 10.9 Å². The molecular formula is C23H28ClN5O4. The van der Waals surface area contributed by atoms with Crippen LogP contribution < -0.4 is 16.4 Å². The molecule has 9 nitrogen and oxygen atoms in total. The molecule has 0 radical (unpaired) electrons. The zero-order valence-electron chi connectivity index (χ0n) is 18.1. The highest BCUT2D eigenvalue weighted by atomic mass is 35.5. The maximum Gasteiger partial charge on any atom is 0.304 e. The second-order valence-corrected chi connectivity index (χ2v) is 8.35. The molecule has 0 bridgehead atoms. The van der Waals surface area contributed by atoms with E-state index < -0.39 is 5.97 Å². The predicted octanol–water partition coefficient (Wildman–Crippen LogP) is 3.43. The van der Waals surface area contributed by atoms with Gasteiger partial charge in [-0.05, 0) is 61.9 Å². The van der Waals surface area contributed by atoms with Crippen LogP contribution in [0.1, 0.15) is 41.6 Å². The van der Waals surface area contributed by atoms with Gasteiger partial charge in [-0.15, -0.1) is 0 Å². The van der Waals surface area contributed by atoms with Gasteiger partial charge in [-0.2, -0.15) is 0 Å². The Morgan fingerprint density at radius 2 is 1.94 bits per heavy atom. The van der Waals surface area contributed by atoms with E-state index in [2.05, 4.69) is 20.7 Å². The van der Waals surface area contributed by atoms with E-state index in [0.717, 1.165) is 25.8 Å². The molecule has 0 aromatic heterocycles. The molecule has 0 aliphatic carbocycles. The number of nitrogens with two attached hydrogens (primary N) is 1. The number of likely N-dealkylation sites (tertiary alicyclic amines) is 1. The lowest BCUT2D eigenvalue weighted by atomic mass is 10.0. The number of carboxylic acid groups (broad SMARTS) is 1. The van der Waals surface area contributed by atoms with Crippen molar-refractivity contribution in [2.45, 2.75) is 31.7 Å². The molecule has 33 heavy (non-hydrogen) atoms. The largest absolute Gasteiger partial charge is 0.481 e. The van der Waals surface area contributed by atoms with Gasteiger partial charge in [0, 0.05) is 41.1 Å². The number of piperidine rings is 1. The number of rotatable bonds is 9. The molecule has 3 rings (SSSR count). The Balaban J connectivity index is 1.69. The van der Waals surface area contributed by atoms with Crippen LogP contribution in [0.25, 0.3) is 0 Å². The van der Waals surface area contributed by atoms with Crippen molar-refractivity contribution in [3.63, 3.8) is 0 Å². The van der Waals surface area contributed by atoms with Crippen LogP contribution in [-0.4, -0.2) is 58.6 Å². The van der Waals surface area contributed by atoms with Gasteiger partial charge in [-0.25, -0.2) is 0 Å². The van der Waals surface area contributed by atoms with Crippen LogP contribution in [0.3, 0.4) is 0 Å². The first-order chi connectivity index (χ1) is 15.9. The number of carboxylic acids is 1. The third-order valence-electron chi connectivity index (χ3n) is 5.66. The zero-order valence-corrected chi connectivity index (χ0v) is 18.9. The summed E-state index contributed by atoms with van der Waals surface area (Å²) < 4.78 is 0. The Kier molecular flexibility index (Phi) is 8.51. The van der Waals surface area contributed by atoms with E-state index in [9.17, 15) is 9.59 Å². The van der Waals surface area contributed by atoms with Crippen molar-refractivity contribution < 1.29 is 19.9 Å². The number of anilines is 2. The third-order valence-corrected chi connectivity index (χ3v) is 5.90. The number of nitrogens with one attached hydrogen (secondary N) is 2. The normalized spacial score (nSPS) is 16.9. The second kappa shape index (κ2) is 11.5. The molecule has 0 spiro atoms. The van der Waals surface area contributed by atoms with Crippen molar-refractivity contribution in [1.29, 1.82) is 0 Å². The number of amidine groups is 1. The molecular weight excluding hydrogens is 446 g/mol. The first-order valence-electron chi connectivity index (χ1n) is 10.8. The summed E-state index contributed by atoms with van der Waals surface area (Å²) >= 11 is 6.16. The number of carbonyl (C=O) groups excluding carboxylic acids is 1. The van der Waals surface area contributed by atoms with Crippen molar-refractivity contribution in [3.8, 4) is 0 Å². The van der Waals surface area contributed by atoms with Gasteiger partial charge in [-0.1, -0.05) is 23.2 Å². The average Bonchev–Trinajstić information content (AvgIpc) is 2.82. The number of oxime groups is 1. The molecule has 1 atom stereocenters. The van der Waals surface area contributed by atoms with E-state index in [1.807, 2.05) is 0 Å². The molecule has 1 aliphatic rings. The van der Waals surface area contributed by atoms with E-state index in [-0.39, 0.29) is 24.2 Å². The smallest absolute Gasteiger partial charge is 0.304 e. The van der Waals surface area contributed by atoms with Crippen LogP contribution in [0.4, 0.5) is 11.4 Å². The maximum absolute atomic E-state index is 13.0. The number of amides is 1. The van der Waals surface area contributed by atoms with E-state index in [1.165, 1.54) is 0 Å². The van der Waals surface area contributed by atoms with Gasteiger partial charge >= 0.3 is 5.97 Å². The molecule has 1 saturated heterocycles. The van der Waals surface area contributed by atoms with E-state index in [1.54, 1.807) is 42.5 Å². The van der Waals surface area contributed by atoms with Crippen molar-refractivity contribution in [2.75, 3.05) is 30.3 Å². The summed E-state index contributed by atoms with van der Waals surface area (Å²) in [7, 11) is 0. The number of halogens is 1. The highest BCUT2D eigenvalue weighted by Gasteiger charge is 2.23. The summed E-state index contributed by atoms with van der Waals surface area (Å²) in [6.07, 6.45) is 3.22. The standard InChI is InChI=1S/C23H28ClN5O4/c24-16-6-9-20(26-14-18-3-1-2-11-29(18)12-10-21(30)31)19(13-16)23(32)27-17-7-4-15(5-8-17)22(25)28-33/h4-9,13,18,26,33H,1-3,10-12,14H2,(H2,25,28)(H,27,32)(H,30,31)/t18-/m1/s1. The van der Waals surface area contributed by atoms with Gasteiger partial charge in [0.2, 0.25) is 0 Å². The number of nitrogens with zero attached hydrogens (tertiary/aromatic N) is 2. The van der Waals surface area contributed by atoms with Crippen molar-refractivity contribution >= 4 is 40.7 Å². The van der Waals surface area contributed by atoms with E-state index in [4.69, 9.17) is 27.6 Å². The molecule has 1 fully saturated rings. The number of hydrogen-bond acceptors (Lipinski definition) is 6. The third kappa shape index (κ3) is 6.84. The van der Waals surface area contributed by atoms with E-state index >= 15 is 0 Å². The van der Waals surface area contributed by atoms with Crippen LogP contribution in [0.5, 0.6) is 0 Å². The number of hydrogen-bond donors (Lipinski definition) is 5. The lowest BCUT2D eigenvalue weighted by Crippen LogP contribution is -2.44. The fourth-order valence-corrected chi connectivity index (χ4v) is 4.06. The minimum absolute atomic E-state index is 0.0192. The van der Waals surface area contributed by atoms with Gasteiger partial charge in [-0.3, -0.25) is 14.5 Å². The van der Waals surface area contributed by atoms with Gasteiger partial charge < -0.3 is 26.7 Å². The van der Waals surface area contributed by atoms with E-state index in [0.29, 0.717) is 40.6 Å². The number of benzene rings is 2. The fourth-order valence-electron chi connectivity index (χ4n) is 3.89. The summed E-state index contributed by atoms with van der Waals surface area (Å²) in [6, 6.07) is 11.9. The minimum Gasteiger partial charge on any atom is -0.481 e. The SMILES string of the molecule is N/C(=N\O)c1ccc(NC(=O)c2cc(Cl)ccc2NC[C@H]2CCCCN2CCC(=O)O)cc1. The molecule has 2 aromatic carbocycles. The molecule has 6 N–H and O–H groups in total. The topological polar surface area (TPSA) is 140 Å². The van der Waals surface area contributed by atoms with Crippen LogP contribution in [0, 0.1) is 0 Å². The first-order valence-corrected chi connectivity index (χ1v) is 11.1. The molecule has 0 saturated carbocycles. The molecule has 2 aromatic rings. The molecule has 1 amide bonds. The van der Waals surface area contributed by atoms with Gasteiger partial charge in [0.15, 0.2) is 5.84 Å². The Hall–Kier alpha value is -3.30. The second-order valence-electron chi connectivity index (χ2n) is 7.92. The van der Waals surface area contributed by atoms with Crippen LogP contribution >= 0.6 is 11.6 Å². The van der Waals surface area contributed by atoms with Crippen molar-refractivity contribution in [1.82, 2.24) is 4.90 Å². The number of carbonyl (C=O) groups is 2. The Morgan fingerprint density at radius 1 is 1.18 bits per heavy atom. The van der Waals surface area contributed by atoms with Crippen LogP contribution in [-0.2, 0) is 4.79 Å². The Labute approximate surface area is 197 Å². The molecule has 0 unspecified atom stereocenters. The summed E-state index contributed by atoms with van der Waals surface area (Å²) in [6.45, 7) is 1.97. The minimum atomic E-state index is -0.802. The quantitative estimate of drug-likeness (QED) is 0.162. The van der Waals surface area contributed by atoms with Crippen LogP contribution in [0.15, 0.2) is 47.6 Å². The monoisotopic (exact) mass is 473 g/mol. The number of aliphatic carboxylic acids is 1. The Morgan fingerprint density at radius 3 is 2.64 bits per heavy atom. The van der Waals surface area contributed by atoms with Crippen molar-refractivity contribution in [3.05, 3.63) is 58.6 Å². The first kappa shape index (κ1) is 24.3. The van der Waals surface area contributed by atoms with Gasteiger partial charge in [0.1, 0.15) is 0 Å². The predicted molar refractivity (Wildman–Crippen MR) is 128 cm³/mol. The lowest BCUT2D eigenvalue weighted by Gasteiger charge is -2.35. The fraction of sp³-hybridized carbons (Fsp3) is 0.348. The average molecular weight is 474 g/mol. The summed E-state index contributed by atoms with van der Waals surface area (Å²) in [5, 5.41) is 27.4. The van der Waals surface area contributed by atoms with Gasteiger partial charge in [0.05, 0.1) is 12.0 Å². The molecule has 176 valence electrons. The summed E-state index contributed by atoms with van der Waals surface area (Å²) in [4.78, 5) is 26.2. The highest BCUT2D eigenvalue weighted by molar-refractivity contribution is 6.31. The maximum atomic E-state index is 13.0. The van der Waals surface area contributed by atoms with Crippen LogP contribution in [0.2, 0.25) is 5.02 Å². The molecule has 1 heterocycles. The zero-order chi connectivity index (χ0) is 23.8. The molecule has 10 heteroatoms. The van der Waals surface area contributed by atoms with Gasteiger partial charge in [0.25, 0.3) is 5.91 Å². The highest BCUT2D eigenvalue weighted by Crippen LogP contribution is 2.24. The lowest BCUT2D eigenvalue weighted by molar-refractivity contribution is -0.137. The molecule has 1 aliphatic heterocycles.